The average Bonchev–Trinajstić information content (AvgIpc) is 3.14. The molecule has 3 heterocycles. The second-order valence-electron chi connectivity index (χ2n) is 5.99. The number of ether oxygens (including phenoxy) is 4. The number of nitrogens with two attached hydrogens (primary N) is 1. The summed E-state index contributed by atoms with van der Waals surface area (Å²) in [5.74, 6) is -1.84. The molecule has 0 aromatic carbocycles. The SMILES string of the molecule is CC(=O)OC[C@H]1O[C@@H](n2nnc3cnc(N)nc32)[C@H](OC(C)=O)[C@@H]1OC(C)=O. The van der Waals surface area contributed by atoms with Gasteiger partial charge in [-0.15, -0.1) is 5.10 Å². The predicted molar refractivity (Wildman–Crippen MR) is 89.2 cm³/mol. The number of esters is 3. The van der Waals surface area contributed by atoms with Crippen LogP contribution < -0.4 is 5.73 Å². The van der Waals surface area contributed by atoms with Crippen molar-refractivity contribution in [2.75, 3.05) is 12.3 Å². The molecular weight excluding hydrogens is 376 g/mol. The van der Waals surface area contributed by atoms with Crippen LogP contribution in [0.25, 0.3) is 11.2 Å². The summed E-state index contributed by atoms with van der Waals surface area (Å²) in [6, 6.07) is 0. The molecule has 0 saturated carbocycles. The summed E-state index contributed by atoms with van der Waals surface area (Å²) in [6.45, 7) is 3.38. The van der Waals surface area contributed by atoms with Crippen molar-refractivity contribution in [2.24, 2.45) is 0 Å². The zero-order chi connectivity index (χ0) is 20.4. The Hall–Kier alpha value is -3.35. The van der Waals surface area contributed by atoms with E-state index >= 15 is 0 Å². The molecule has 1 fully saturated rings. The highest BCUT2D eigenvalue weighted by Gasteiger charge is 2.51. The van der Waals surface area contributed by atoms with Gasteiger partial charge in [-0.2, -0.15) is 9.67 Å². The molecule has 0 spiro atoms. The van der Waals surface area contributed by atoms with E-state index in [0.29, 0.717) is 5.52 Å². The molecule has 150 valence electrons. The molecule has 13 heteroatoms. The van der Waals surface area contributed by atoms with E-state index in [1.165, 1.54) is 31.6 Å². The topological polar surface area (TPSA) is 171 Å². The Bertz CT molecular complexity index is 915. The Kier molecular flexibility index (Phi) is 5.35. The molecule has 13 nitrogen and oxygen atoms in total. The Labute approximate surface area is 158 Å². The van der Waals surface area contributed by atoms with Crippen molar-refractivity contribution in [2.45, 2.75) is 45.3 Å². The van der Waals surface area contributed by atoms with Gasteiger partial charge in [0, 0.05) is 20.8 Å². The highest BCUT2D eigenvalue weighted by atomic mass is 16.7. The molecular formula is C15H18N6O7. The maximum Gasteiger partial charge on any atom is 0.303 e. The van der Waals surface area contributed by atoms with Crippen molar-refractivity contribution in [1.82, 2.24) is 25.0 Å². The predicted octanol–water partition coefficient (Wildman–Crippen LogP) is -0.873. The zero-order valence-electron chi connectivity index (χ0n) is 15.3. The van der Waals surface area contributed by atoms with Crippen LogP contribution in [0.15, 0.2) is 6.20 Å². The fourth-order valence-electron chi connectivity index (χ4n) is 2.82. The standard InChI is InChI=1S/C15H18N6O7/c1-6(22)25-5-10-11(26-7(2)23)12(27-8(3)24)14(28-10)21-13-9(19-20-21)4-17-15(16)18-13/h4,10-12,14H,5H2,1-3H3,(H2,16,17,18)/t10-,11-,12-,14-/m1/s1. The van der Waals surface area contributed by atoms with Gasteiger partial charge in [-0.05, 0) is 0 Å². The fraction of sp³-hybridized carbons (Fsp3) is 0.533. The molecule has 3 rings (SSSR count). The number of carbonyl (C=O) groups is 3. The first-order valence-electron chi connectivity index (χ1n) is 8.23. The summed E-state index contributed by atoms with van der Waals surface area (Å²) in [4.78, 5) is 42.3. The van der Waals surface area contributed by atoms with Gasteiger partial charge in [-0.3, -0.25) is 14.4 Å². The van der Waals surface area contributed by atoms with Crippen LogP contribution in [0.3, 0.4) is 0 Å². The third kappa shape index (κ3) is 3.98. The van der Waals surface area contributed by atoms with Crippen molar-refractivity contribution in [3.8, 4) is 0 Å². The van der Waals surface area contributed by atoms with E-state index in [4.69, 9.17) is 24.7 Å². The van der Waals surface area contributed by atoms with Gasteiger partial charge < -0.3 is 24.7 Å². The van der Waals surface area contributed by atoms with Gasteiger partial charge in [0.1, 0.15) is 12.7 Å². The molecule has 0 radical (unpaired) electrons. The number of nitrogens with zero attached hydrogens (tertiary/aromatic N) is 5. The smallest absolute Gasteiger partial charge is 0.303 e. The van der Waals surface area contributed by atoms with Crippen molar-refractivity contribution in [3.05, 3.63) is 6.20 Å². The maximum absolute atomic E-state index is 11.6. The van der Waals surface area contributed by atoms with E-state index in [2.05, 4.69) is 20.3 Å². The van der Waals surface area contributed by atoms with Crippen LogP contribution >= 0.6 is 0 Å². The Morgan fingerprint density at radius 2 is 1.82 bits per heavy atom. The second kappa shape index (κ2) is 7.72. The molecule has 2 aromatic rings. The number of carbonyl (C=O) groups excluding carboxylic acids is 3. The lowest BCUT2D eigenvalue weighted by Gasteiger charge is -2.23. The number of nitrogen functional groups attached to an aromatic ring is 1. The average molecular weight is 394 g/mol. The van der Waals surface area contributed by atoms with Crippen LogP contribution in [0.2, 0.25) is 0 Å². The van der Waals surface area contributed by atoms with Gasteiger partial charge in [-0.25, -0.2) is 4.98 Å². The minimum atomic E-state index is -1.09. The molecule has 2 aromatic heterocycles. The summed E-state index contributed by atoms with van der Waals surface area (Å²) in [5, 5.41) is 7.89. The number of rotatable bonds is 5. The molecule has 0 bridgehead atoms. The third-order valence-electron chi connectivity index (χ3n) is 3.82. The molecule has 2 N–H and O–H groups in total. The third-order valence-corrected chi connectivity index (χ3v) is 3.82. The first kappa shape index (κ1) is 19.4. The number of hydrogen-bond acceptors (Lipinski definition) is 12. The van der Waals surface area contributed by atoms with E-state index in [-0.39, 0.29) is 18.2 Å². The number of aromatic nitrogens is 5. The maximum atomic E-state index is 11.6. The quantitative estimate of drug-likeness (QED) is 0.491. The van der Waals surface area contributed by atoms with Crippen LogP contribution in [0.5, 0.6) is 0 Å². The van der Waals surface area contributed by atoms with Crippen LogP contribution in [0.1, 0.15) is 27.0 Å². The molecule has 1 aliphatic heterocycles. The summed E-state index contributed by atoms with van der Waals surface area (Å²) >= 11 is 0. The van der Waals surface area contributed by atoms with Crippen molar-refractivity contribution in [3.63, 3.8) is 0 Å². The Balaban J connectivity index is 2.00. The zero-order valence-corrected chi connectivity index (χ0v) is 15.3. The molecule has 0 aliphatic carbocycles. The molecule has 1 saturated heterocycles. The highest BCUT2D eigenvalue weighted by Crippen LogP contribution is 2.35. The molecule has 28 heavy (non-hydrogen) atoms. The Morgan fingerprint density at radius 3 is 2.46 bits per heavy atom. The normalized spacial score (nSPS) is 24.1. The monoisotopic (exact) mass is 394 g/mol. The van der Waals surface area contributed by atoms with Crippen molar-refractivity contribution < 1.29 is 33.3 Å². The summed E-state index contributed by atoms with van der Waals surface area (Å²) < 4.78 is 22.7. The minimum Gasteiger partial charge on any atom is -0.463 e. The van der Waals surface area contributed by atoms with Gasteiger partial charge >= 0.3 is 17.9 Å². The van der Waals surface area contributed by atoms with Crippen LogP contribution in [0.4, 0.5) is 5.95 Å². The second-order valence-corrected chi connectivity index (χ2v) is 5.99. The first-order chi connectivity index (χ1) is 13.3. The van der Waals surface area contributed by atoms with Gasteiger partial charge in [0.05, 0.1) is 6.20 Å². The van der Waals surface area contributed by atoms with Crippen LogP contribution in [0, 0.1) is 0 Å². The van der Waals surface area contributed by atoms with Gasteiger partial charge in [0.2, 0.25) is 5.95 Å². The van der Waals surface area contributed by atoms with Gasteiger partial charge in [0.25, 0.3) is 0 Å². The van der Waals surface area contributed by atoms with Crippen molar-refractivity contribution in [1.29, 1.82) is 0 Å². The summed E-state index contributed by atoms with van der Waals surface area (Å²) in [5.41, 5.74) is 6.18. The number of anilines is 1. The van der Waals surface area contributed by atoms with E-state index in [1.807, 2.05) is 0 Å². The van der Waals surface area contributed by atoms with Crippen LogP contribution in [-0.4, -0.2) is 67.8 Å². The fourth-order valence-corrected chi connectivity index (χ4v) is 2.82. The van der Waals surface area contributed by atoms with Gasteiger partial charge in [-0.1, -0.05) is 5.21 Å². The van der Waals surface area contributed by atoms with Gasteiger partial charge in [0.15, 0.2) is 29.6 Å². The lowest BCUT2D eigenvalue weighted by Crippen LogP contribution is -2.40. The molecule has 4 atom stereocenters. The molecule has 0 unspecified atom stereocenters. The number of fused-ring (bicyclic) bond motifs is 1. The lowest BCUT2D eigenvalue weighted by molar-refractivity contribution is -0.166. The van der Waals surface area contributed by atoms with E-state index < -0.39 is 42.4 Å². The first-order valence-corrected chi connectivity index (χ1v) is 8.23. The summed E-state index contributed by atoms with van der Waals surface area (Å²) in [7, 11) is 0. The summed E-state index contributed by atoms with van der Waals surface area (Å²) in [6.07, 6.45) is -2.75. The van der Waals surface area contributed by atoms with Crippen molar-refractivity contribution >= 4 is 35.0 Å². The number of hydrogen-bond donors (Lipinski definition) is 1. The highest BCUT2D eigenvalue weighted by molar-refractivity contribution is 5.70. The molecule has 0 amide bonds. The van der Waals surface area contributed by atoms with Crippen LogP contribution in [-0.2, 0) is 33.3 Å². The Morgan fingerprint density at radius 1 is 1.14 bits per heavy atom. The van der Waals surface area contributed by atoms with E-state index in [0.717, 1.165) is 0 Å². The largest absolute Gasteiger partial charge is 0.463 e. The van der Waals surface area contributed by atoms with E-state index in [9.17, 15) is 14.4 Å². The lowest BCUT2D eigenvalue weighted by atomic mass is 10.1. The minimum absolute atomic E-state index is 0.0221. The molecule has 1 aliphatic rings. The van der Waals surface area contributed by atoms with E-state index in [1.54, 1.807) is 0 Å².